The van der Waals surface area contributed by atoms with Gasteiger partial charge in [-0.15, -0.1) is 0 Å². The summed E-state index contributed by atoms with van der Waals surface area (Å²) in [6, 6.07) is 0. The van der Waals surface area contributed by atoms with Gasteiger partial charge in [0.1, 0.15) is 18.8 Å². The molecule has 3 N–H and O–H groups in total. The Kier molecular flexibility index (Phi) is 47.2. The highest BCUT2D eigenvalue weighted by atomic mass is 16.7. The summed E-state index contributed by atoms with van der Waals surface area (Å²) in [5.74, 6) is -3.37. The highest BCUT2D eigenvalue weighted by molar-refractivity contribution is 5.74. The Hall–Kier alpha value is -4.88. The van der Waals surface area contributed by atoms with E-state index in [2.05, 4.69) is 112 Å². The van der Waals surface area contributed by atoms with Crippen molar-refractivity contribution in [2.45, 2.75) is 250 Å². The average Bonchev–Trinajstić information content (AvgIpc) is 3.42. The molecule has 1 fully saturated rings. The van der Waals surface area contributed by atoms with Gasteiger partial charge in [0.25, 0.3) is 0 Å². The fraction of sp³-hybridized carbons (Fsp3) is 0.631. The zero-order chi connectivity index (χ0) is 56.1. The summed E-state index contributed by atoms with van der Waals surface area (Å²) in [6.45, 7) is 5.67. The molecule has 1 rings (SSSR count). The molecule has 6 atom stereocenters. The third kappa shape index (κ3) is 41.8. The molecule has 0 aromatic carbocycles. The normalized spacial score (nSPS) is 18.9. The number of allylic oxidation sites excluding steroid dienone is 19. The van der Waals surface area contributed by atoms with Crippen molar-refractivity contribution in [2.75, 3.05) is 13.2 Å². The second kappa shape index (κ2) is 51.9. The Balaban J connectivity index is 2.79. The monoisotopic (exact) mass is 1070 g/mol. The average molecular weight is 1080 g/mol. The molecule has 1 saturated heterocycles. The molecule has 0 aliphatic carbocycles. The first kappa shape index (κ1) is 70.1. The summed E-state index contributed by atoms with van der Waals surface area (Å²) in [7, 11) is 0. The summed E-state index contributed by atoms with van der Waals surface area (Å²) < 4.78 is 28.2. The van der Waals surface area contributed by atoms with Gasteiger partial charge in [-0.3, -0.25) is 14.4 Å². The molecule has 1 heterocycles. The predicted octanol–water partition coefficient (Wildman–Crippen LogP) is 15.2. The summed E-state index contributed by atoms with van der Waals surface area (Å²) in [4.78, 5) is 51.1. The van der Waals surface area contributed by atoms with E-state index in [1.807, 2.05) is 18.2 Å². The topological polar surface area (TPSA) is 175 Å². The number of aliphatic hydroxyl groups excluding tert-OH is 2. The van der Waals surface area contributed by atoms with E-state index in [0.29, 0.717) is 25.7 Å². The Morgan fingerprint density at radius 3 is 1.30 bits per heavy atom. The fourth-order valence-corrected chi connectivity index (χ4v) is 8.13. The molecule has 1 aliphatic heterocycles. The quantitative estimate of drug-likeness (QED) is 0.0228. The number of carbonyl (C=O) groups excluding carboxylic acids is 3. The standard InChI is InChI=1S/C65H102O12/c1-4-7-10-13-16-19-22-25-28-29-32-33-36-39-42-45-48-51-57(66)73-54-56(75-58(67)52-49-46-43-40-37-34-30-26-23-20-17-14-11-8-5-2)55-74-65-63(61(70)60(69)62(77-65)64(71)72)76-59(68)53-50-47-44-41-38-35-31-27-24-21-18-15-12-9-6-3/h7,9-10,12,16,18-19,21,25,27-28,31-33,38-39,41-42,47,50,56,60-63,65,69-70H,4-6,8,11,13-15,17,20,22-24,26,29-30,34-37,40,43-46,48-49,51-55H2,1-3H3,(H,71,72)/b10-7-,12-9-,19-16-,21-18-,28-25-,31-27-,33-32-,41-38-,42-39-,50-47-. The second-order valence-corrected chi connectivity index (χ2v) is 19.5. The second-order valence-electron chi connectivity index (χ2n) is 19.5. The summed E-state index contributed by atoms with van der Waals surface area (Å²) >= 11 is 0. The molecule has 77 heavy (non-hydrogen) atoms. The Morgan fingerprint density at radius 1 is 0.455 bits per heavy atom. The minimum Gasteiger partial charge on any atom is -0.479 e. The Labute approximate surface area is 465 Å². The van der Waals surface area contributed by atoms with E-state index in [-0.39, 0.29) is 25.9 Å². The highest BCUT2D eigenvalue weighted by Gasteiger charge is 2.50. The lowest BCUT2D eigenvalue weighted by atomic mass is 9.98. The van der Waals surface area contributed by atoms with Gasteiger partial charge >= 0.3 is 23.9 Å². The first-order chi connectivity index (χ1) is 37.6. The van der Waals surface area contributed by atoms with Crippen molar-refractivity contribution in [3.8, 4) is 0 Å². The van der Waals surface area contributed by atoms with Gasteiger partial charge < -0.3 is 39.0 Å². The number of aliphatic hydroxyl groups is 2. The summed E-state index contributed by atoms with van der Waals surface area (Å²) in [5.41, 5.74) is 0. The van der Waals surface area contributed by atoms with E-state index in [4.69, 9.17) is 23.7 Å². The van der Waals surface area contributed by atoms with Crippen LogP contribution in [0.15, 0.2) is 122 Å². The van der Waals surface area contributed by atoms with Crippen molar-refractivity contribution in [3.63, 3.8) is 0 Å². The molecule has 0 amide bonds. The number of carbonyl (C=O) groups is 4. The predicted molar refractivity (Wildman–Crippen MR) is 312 cm³/mol. The lowest BCUT2D eigenvalue weighted by molar-refractivity contribution is -0.301. The Morgan fingerprint density at radius 2 is 0.857 bits per heavy atom. The van der Waals surface area contributed by atoms with Crippen LogP contribution < -0.4 is 0 Å². The first-order valence-electron chi connectivity index (χ1n) is 29.5. The number of aliphatic carboxylic acids is 1. The van der Waals surface area contributed by atoms with Crippen molar-refractivity contribution in [1.29, 1.82) is 0 Å². The van der Waals surface area contributed by atoms with Gasteiger partial charge in [0.15, 0.2) is 24.6 Å². The molecule has 1 aliphatic rings. The molecule has 0 radical (unpaired) electrons. The molecular formula is C65H102O12. The van der Waals surface area contributed by atoms with Crippen LogP contribution in [0, 0.1) is 0 Å². The van der Waals surface area contributed by atoms with E-state index >= 15 is 0 Å². The molecular weight excluding hydrogens is 973 g/mol. The number of hydrogen-bond donors (Lipinski definition) is 3. The van der Waals surface area contributed by atoms with Crippen molar-refractivity contribution >= 4 is 23.9 Å². The maximum atomic E-state index is 13.1. The largest absolute Gasteiger partial charge is 0.479 e. The van der Waals surface area contributed by atoms with Gasteiger partial charge in [-0.1, -0.05) is 232 Å². The summed E-state index contributed by atoms with van der Waals surface area (Å²) in [6.07, 6.45) is 59.2. The molecule has 12 heteroatoms. The number of unbranched alkanes of at least 4 members (excludes halogenated alkanes) is 15. The van der Waals surface area contributed by atoms with Crippen LogP contribution >= 0.6 is 0 Å². The smallest absolute Gasteiger partial charge is 0.335 e. The van der Waals surface area contributed by atoms with Crippen LogP contribution in [0.1, 0.15) is 213 Å². The molecule has 0 spiro atoms. The third-order valence-electron chi connectivity index (χ3n) is 12.6. The molecule has 0 bridgehead atoms. The van der Waals surface area contributed by atoms with Crippen molar-refractivity contribution in [1.82, 2.24) is 0 Å². The van der Waals surface area contributed by atoms with Gasteiger partial charge in [-0.2, -0.15) is 0 Å². The van der Waals surface area contributed by atoms with Gasteiger partial charge in [0, 0.05) is 12.8 Å². The lowest BCUT2D eigenvalue weighted by Crippen LogP contribution is -2.61. The van der Waals surface area contributed by atoms with E-state index in [9.17, 15) is 34.5 Å². The Bertz CT molecular complexity index is 1800. The van der Waals surface area contributed by atoms with Crippen molar-refractivity contribution in [3.05, 3.63) is 122 Å². The molecule has 0 saturated carbocycles. The molecule has 12 nitrogen and oxygen atoms in total. The van der Waals surface area contributed by atoms with E-state index < -0.39 is 67.3 Å². The zero-order valence-electron chi connectivity index (χ0n) is 47.7. The minimum absolute atomic E-state index is 0.126. The van der Waals surface area contributed by atoms with Crippen LogP contribution in [0.25, 0.3) is 0 Å². The van der Waals surface area contributed by atoms with Crippen molar-refractivity contribution < 1.29 is 58.2 Å². The number of hydrogen-bond acceptors (Lipinski definition) is 11. The maximum Gasteiger partial charge on any atom is 0.335 e. The van der Waals surface area contributed by atoms with Crippen LogP contribution in [0.5, 0.6) is 0 Å². The molecule has 434 valence electrons. The van der Waals surface area contributed by atoms with Crippen LogP contribution in [0.2, 0.25) is 0 Å². The van der Waals surface area contributed by atoms with E-state index in [1.165, 1.54) is 70.6 Å². The van der Waals surface area contributed by atoms with E-state index in [0.717, 1.165) is 77.0 Å². The third-order valence-corrected chi connectivity index (χ3v) is 12.6. The zero-order valence-corrected chi connectivity index (χ0v) is 47.7. The number of ether oxygens (including phenoxy) is 5. The SMILES string of the molecule is CC/C=C\C/C=C\C/C=C\C/C=C\C/C=C\CCCC(=O)OCC(COC1OC(C(=O)O)C(O)C(O)C1OC(=O)C/C=C\C/C=C\C/C=C\C/C=C\C/C=C\CC)OC(=O)CCCCCCCCCCCCCCCCC. The van der Waals surface area contributed by atoms with Gasteiger partial charge in [0.2, 0.25) is 0 Å². The first-order valence-corrected chi connectivity index (χ1v) is 29.5. The fourth-order valence-electron chi connectivity index (χ4n) is 8.13. The van der Waals surface area contributed by atoms with Crippen LogP contribution in [0.4, 0.5) is 0 Å². The van der Waals surface area contributed by atoms with Gasteiger partial charge in [-0.25, -0.2) is 4.79 Å². The lowest BCUT2D eigenvalue weighted by Gasteiger charge is -2.40. The molecule has 6 unspecified atom stereocenters. The molecule has 0 aromatic rings. The van der Waals surface area contributed by atoms with Gasteiger partial charge in [0.05, 0.1) is 13.0 Å². The number of rotatable bonds is 48. The van der Waals surface area contributed by atoms with Crippen LogP contribution in [0.3, 0.4) is 0 Å². The van der Waals surface area contributed by atoms with Gasteiger partial charge in [-0.05, 0) is 83.5 Å². The minimum atomic E-state index is -1.95. The number of carboxylic acid groups (broad SMARTS) is 1. The van der Waals surface area contributed by atoms with Crippen molar-refractivity contribution in [2.24, 2.45) is 0 Å². The van der Waals surface area contributed by atoms with Crippen LogP contribution in [-0.2, 0) is 42.9 Å². The molecule has 0 aromatic heterocycles. The van der Waals surface area contributed by atoms with Crippen LogP contribution in [-0.4, -0.2) is 89.2 Å². The highest BCUT2D eigenvalue weighted by Crippen LogP contribution is 2.26. The summed E-state index contributed by atoms with van der Waals surface area (Å²) in [5, 5.41) is 31.4. The maximum absolute atomic E-state index is 13.1. The number of carboxylic acids is 1. The van der Waals surface area contributed by atoms with E-state index in [1.54, 1.807) is 12.2 Å². The number of esters is 3.